The lowest BCUT2D eigenvalue weighted by Gasteiger charge is -2.14. The molecule has 0 aliphatic rings. The molecule has 0 saturated carbocycles. The Hall–Kier alpha value is -2.23. The summed E-state index contributed by atoms with van der Waals surface area (Å²) in [5, 5.41) is 4.59. The summed E-state index contributed by atoms with van der Waals surface area (Å²) in [5.74, 6) is 0.381. The van der Waals surface area contributed by atoms with Gasteiger partial charge in [0.15, 0.2) is 0 Å². The fraction of sp³-hybridized carbons (Fsp3) is 0.100. The first-order valence-electron chi connectivity index (χ1n) is 7.76. The van der Waals surface area contributed by atoms with Gasteiger partial charge in [-0.25, -0.2) is 4.39 Å². The lowest BCUT2D eigenvalue weighted by Crippen LogP contribution is -2.04. The molecule has 3 aromatic carbocycles. The first-order chi connectivity index (χ1) is 12.1. The Bertz CT molecular complexity index is 853. The van der Waals surface area contributed by atoms with Gasteiger partial charge in [-0.2, -0.15) is 0 Å². The summed E-state index contributed by atoms with van der Waals surface area (Å²) in [6.45, 7) is 0.678. The Balaban J connectivity index is 1.71. The van der Waals surface area contributed by atoms with Gasteiger partial charge in [0.05, 0.1) is 0 Å². The third-order valence-corrected chi connectivity index (χ3v) is 4.18. The van der Waals surface area contributed by atoms with Gasteiger partial charge in [0.1, 0.15) is 18.2 Å². The zero-order valence-corrected chi connectivity index (χ0v) is 14.8. The fourth-order valence-corrected chi connectivity index (χ4v) is 2.68. The van der Waals surface area contributed by atoms with Crippen LogP contribution in [0.5, 0.6) is 5.75 Å². The van der Waals surface area contributed by atoms with Crippen LogP contribution in [0.4, 0.5) is 10.1 Å². The molecule has 25 heavy (non-hydrogen) atoms. The van der Waals surface area contributed by atoms with Gasteiger partial charge in [-0.1, -0.05) is 41.4 Å². The van der Waals surface area contributed by atoms with Crippen LogP contribution in [0.2, 0.25) is 10.0 Å². The molecular formula is C20H16Cl2FNO. The van der Waals surface area contributed by atoms with E-state index in [0.717, 1.165) is 11.3 Å². The zero-order chi connectivity index (χ0) is 17.6. The average molecular weight is 376 g/mol. The van der Waals surface area contributed by atoms with Crippen molar-refractivity contribution in [1.82, 2.24) is 0 Å². The Labute approximate surface area is 156 Å². The number of ether oxygens (including phenoxy) is 1. The van der Waals surface area contributed by atoms with Gasteiger partial charge >= 0.3 is 0 Å². The van der Waals surface area contributed by atoms with Gasteiger partial charge < -0.3 is 10.1 Å². The summed E-state index contributed by atoms with van der Waals surface area (Å²) in [6, 6.07) is 19.4. The van der Waals surface area contributed by atoms with Crippen molar-refractivity contribution in [2.24, 2.45) is 0 Å². The largest absolute Gasteiger partial charge is 0.488 e. The van der Waals surface area contributed by atoms with Crippen molar-refractivity contribution in [2.45, 2.75) is 13.2 Å². The van der Waals surface area contributed by atoms with Crippen molar-refractivity contribution in [1.29, 1.82) is 0 Å². The second-order valence-electron chi connectivity index (χ2n) is 5.49. The minimum Gasteiger partial charge on any atom is -0.488 e. The average Bonchev–Trinajstić information content (AvgIpc) is 2.62. The number of hydrogen-bond donors (Lipinski definition) is 1. The molecule has 0 heterocycles. The molecule has 0 fully saturated rings. The smallest absolute Gasteiger partial charge is 0.129 e. The predicted molar refractivity (Wildman–Crippen MR) is 101 cm³/mol. The molecule has 0 atom stereocenters. The first kappa shape index (κ1) is 17.6. The lowest BCUT2D eigenvalue weighted by molar-refractivity contribution is 0.297. The molecule has 0 radical (unpaired) electrons. The molecule has 0 saturated heterocycles. The molecule has 3 rings (SSSR count). The van der Waals surface area contributed by atoms with Crippen molar-refractivity contribution >= 4 is 28.9 Å². The third-order valence-electron chi connectivity index (χ3n) is 3.69. The number of rotatable bonds is 6. The highest BCUT2D eigenvalue weighted by molar-refractivity contribution is 6.31. The summed E-state index contributed by atoms with van der Waals surface area (Å²) in [7, 11) is 0. The molecule has 0 aliphatic carbocycles. The number of benzene rings is 3. The van der Waals surface area contributed by atoms with Crippen molar-refractivity contribution in [3.8, 4) is 5.75 Å². The summed E-state index contributed by atoms with van der Waals surface area (Å²) >= 11 is 12.0. The van der Waals surface area contributed by atoms with E-state index >= 15 is 0 Å². The number of halogens is 3. The Morgan fingerprint density at radius 1 is 0.840 bits per heavy atom. The van der Waals surface area contributed by atoms with Gasteiger partial charge in [0.25, 0.3) is 0 Å². The highest BCUT2D eigenvalue weighted by atomic mass is 35.5. The standard InChI is InChI=1S/C20H16Cl2FNO/c21-16-5-8-18(9-6-16)24-12-15-11-17(22)7-10-20(15)25-13-14-3-1-2-4-19(14)23/h1-11,24H,12-13H2. The van der Waals surface area contributed by atoms with Gasteiger partial charge in [0.2, 0.25) is 0 Å². The Morgan fingerprint density at radius 3 is 2.32 bits per heavy atom. The highest BCUT2D eigenvalue weighted by Crippen LogP contribution is 2.25. The highest BCUT2D eigenvalue weighted by Gasteiger charge is 2.07. The van der Waals surface area contributed by atoms with Crippen LogP contribution in [0.15, 0.2) is 66.7 Å². The normalized spacial score (nSPS) is 10.5. The van der Waals surface area contributed by atoms with Gasteiger partial charge in [-0.05, 0) is 48.5 Å². The van der Waals surface area contributed by atoms with Gasteiger partial charge in [-0.3, -0.25) is 0 Å². The van der Waals surface area contributed by atoms with Gasteiger partial charge in [0, 0.05) is 33.4 Å². The van der Waals surface area contributed by atoms with E-state index in [0.29, 0.717) is 27.9 Å². The van der Waals surface area contributed by atoms with Crippen molar-refractivity contribution in [3.05, 3.63) is 93.7 Å². The molecule has 5 heteroatoms. The molecule has 2 nitrogen and oxygen atoms in total. The molecular weight excluding hydrogens is 360 g/mol. The topological polar surface area (TPSA) is 21.3 Å². The zero-order valence-electron chi connectivity index (χ0n) is 13.3. The van der Waals surface area contributed by atoms with Crippen LogP contribution in [0, 0.1) is 5.82 Å². The van der Waals surface area contributed by atoms with Crippen molar-refractivity contribution in [2.75, 3.05) is 5.32 Å². The van der Waals surface area contributed by atoms with Crippen LogP contribution in [0.25, 0.3) is 0 Å². The predicted octanol–water partition coefficient (Wildman–Crippen LogP) is 6.32. The van der Waals surface area contributed by atoms with Crippen LogP contribution in [0.3, 0.4) is 0 Å². The van der Waals surface area contributed by atoms with Crippen LogP contribution in [-0.2, 0) is 13.2 Å². The quantitative estimate of drug-likeness (QED) is 0.543. The fourth-order valence-electron chi connectivity index (χ4n) is 2.36. The lowest BCUT2D eigenvalue weighted by atomic mass is 10.2. The summed E-state index contributed by atoms with van der Waals surface area (Å²) in [6.07, 6.45) is 0. The van der Waals surface area contributed by atoms with Crippen LogP contribution in [-0.4, -0.2) is 0 Å². The van der Waals surface area contributed by atoms with E-state index in [4.69, 9.17) is 27.9 Å². The van der Waals surface area contributed by atoms with E-state index in [-0.39, 0.29) is 12.4 Å². The second kappa shape index (κ2) is 8.24. The number of nitrogens with one attached hydrogen (secondary N) is 1. The number of anilines is 1. The molecule has 0 unspecified atom stereocenters. The molecule has 0 aliphatic heterocycles. The van der Waals surface area contributed by atoms with Crippen LogP contribution >= 0.6 is 23.2 Å². The minimum atomic E-state index is -0.280. The number of hydrogen-bond acceptors (Lipinski definition) is 2. The maximum absolute atomic E-state index is 13.7. The first-order valence-corrected chi connectivity index (χ1v) is 8.51. The van der Waals surface area contributed by atoms with E-state index in [9.17, 15) is 4.39 Å². The van der Waals surface area contributed by atoms with Gasteiger partial charge in [-0.15, -0.1) is 0 Å². The van der Waals surface area contributed by atoms with Crippen molar-refractivity contribution in [3.63, 3.8) is 0 Å². The third kappa shape index (κ3) is 4.88. The SMILES string of the molecule is Fc1ccccc1COc1ccc(Cl)cc1CNc1ccc(Cl)cc1. The van der Waals surface area contributed by atoms with Crippen molar-refractivity contribution < 1.29 is 9.13 Å². The molecule has 3 aromatic rings. The molecule has 0 bridgehead atoms. The van der Waals surface area contributed by atoms with E-state index in [1.165, 1.54) is 6.07 Å². The molecule has 0 amide bonds. The molecule has 1 N–H and O–H groups in total. The second-order valence-corrected chi connectivity index (χ2v) is 6.37. The monoisotopic (exact) mass is 375 g/mol. The summed E-state index contributed by atoms with van der Waals surface area (Å²) in [5.41, 5.74) is 2.33. The Morgan fingerprint density at radius 2 is 1.56 bits per heavy atom. The maximum atomic E-state index is 13.7. The van der Waals surface area contributed by atoms with E-state index in [1.807, 2.05) is 30.3 Å². The molecule has 0 spiro atoms. The Kier molecular flexibility index (Phi) is 5.79. The summed E-state index contributed by atoms with van der Waals surface area (Å²) < 4.78 is 19.5. The summed E-state index contributed by atoms with van der Waals surface area (Å²) in [4.78, 5) is 0. The maximum Gasteiger partial charge on any atom is 0.129 e. The van der Waals surface area contributed by atoms with E-state index in [2.05, 4.69) is 5.32 Å². The van der Waals surface area contributed by atoms with Crippen LogP contribution in [0.1, 0.15) is 11.1 Å². The van der Waals surface area contributed by atoms with E-state index < -0.39 is 0 Å². The molecule has 0 aromatic heterocycles. The van der Waals surface area contributed by atoms with Crippen LogP contribution < -0.4 is 10.1 Å². The van der Waals surface area contributed by atoms with E-state index in [1.54, 1.807) is 30.3 Å². The minimum absolute atomic E-state index is 0.155. The molecule has 128 valence electrons.